The normalized spacial score (nSPS) is 19.0. The zero-order valence-corrected chi connectivity index (χ0v) is 26.0. The molecule has 1 aliphatic carbocycles. The molecule has 2 aliphatic heterocycles. The first-order valence-electron chi connectivity index (χ1n) is 15.6. The maximum Gasteiger partial charge on any atom is 0.410 e. The summed E-state index contributed by atoms with van der Waals surface area (Å²) in [5, 5.41) is 4.15. The predicted molar refractivity (Wildman–Crippen MR) is 166 cm³/mol. The molecule has 1 saturated carbocycles. The summed E-state index contributed by atoms with van der Waals surface area (Å²) in [5.74, 6) is 1.62. The van der Waals surface area contributed by atoms with Crippen molar-refractivity contribution in [2.75, 3.05) is 45.6 Å². The van der Waals surface area contributed by atoms with E-state index in [1.807, 2.05) is 39.1 Å². The van der Waals surface area contributed by atoms with E-state index in [4.69, 9.17) is 14.7 Å². The SMILES string of the molecule is CN(C)C(=O)c1cc2cnc(Nc3ccc(C4CCN(C5CN(C(=O)OC(C)(C)C)C5)CC4)cn3)nc2n1C1CCCC1. The molecule has 3 fully saturated rings. The standard InChI is InChI=1S/C32H44N8O3/c1-32(2,3)43-31(42)39-19-25(20-39)38-14-12-21(13-15-38)22-10-11-27(33-17-22)35-30-34-18-23-16-26(29(41)37(4)5)40(28(23)36-30)24-8-6-7-9-24/h10-11,16-18,21,24-25H,6-9,12-15,19-20H2,1-5H3,(H,33,34,35,36). The number of ether oxygens (including phenoxy) is 1. The predicted octanol–water partition coefficient (Wildman–Crippen LogP) is 5.19. The topological polar surface area (TPSA) is 109 Å². The van der Waals surface area contributed by atoms with Crippen LogP contribution in [0.15, 0.2) is 30.6 Å². The van der Waals surface area contributed by atoms with Crippen LogP contribution in [-0.4, -0.2) is 98.1 Å². The van der Waals surface area contributed by atoms with Gasteiger partial charge in [0.25, 0.3) is 5.91 Å². The fraction of sp³-hybridized carbons (Fsp3) is 0.594. The smallest absolute Gasteiger partial charge is 0.410 e. The number of aromatic nitrogens is 4. The van der Waals surface area contributed by atoms with Crippen LogP contribution in [0.5, 0.6) is 0 Å². The van der Waals surface area contributed by atoms with Gasteiger partial charge in [0, 0.05) is 57.0 Å². The number of nitrogens with zero attached hydrogens (tertiary/aromatic N) is 7. The van der Waals surface area contributed by atoms with Crippen LogP contribution in [0.4, 0.5) is 16.6 Å². The first kappa shape index (κ1) is 29.3. The molecule has 0 spiro atoms. The molecule has 5 heterocycles. The number of hydrogen-bond acceptors (Lipinski definition) is 8. The van der Waals surface area contributed by atoms with E-state index in [2.05, 4.69) is 25.8 Å². The Morgan fingerprint density at radius 1 is 0.977 bits per heavy atom. The number of likely N-dealkylation sites (tertiary alicyclic amines) is 2. The third kappa shape index (κ3) is 6.32. The quantitative estimate of drug-likeness (QED) is 0.419. The summed E-state index contributed by atoms with van der Waals surface area (Å²) in [4.78, 5) is 45.3. The molecule has 6 rings (SSSR count). The largest absolute Gasteiger partial charge is 0.444 e. The van der Waals surface area contributed by atoms with E-state index in [0.29, 0.717) is 29.4 Å². The number of anilines is 2. The molecule has 3 aromatic rings. The average molecular weight is 589 g/mol. The van der Waals surface area contributed by atoms with Gasteiger partial charge in [-0.1, -0.05) is 18.9 Å². The Morgan fingerprint density at radius 2 is 1.70 bits per heavy atom. The molecule has 2 saturated heterocycles. The van der Waals surface area contributed by atoms with Gasteiger partial charge in [0.2, 0.25) is 5.95 Å². The van der Waals surface area contributed by atoms with E-state index >= 15 is 0 Å². The number of carbonyl (C=O) groups excluding carboxylic acids is 2. The minimum absolute atomic E-state index is 0.0158. The molecule has 2 amide bonds. The first-order chi connectivity index (χ1) is 20.6. The number of pyridine rings is 1. The Kier molecular flexibility index (Phi) is 8.02. The van der Waals surface area contributed by atoms with E-state index < -0.39 is 5.60 Å². The maximum atomic E-state index is 13.0. The van der Waals surface area contributed by atoms with Crippen LogP contribution < -0.4 is 5.32 Å². The highest BCUT2D eigenvalue weighted by Crippen LogP contribution is 2.35. The number of amides is 2. The third-order valence-corrected chi connectivity index (χ3v) is 8.95. The number of rotatable bonds is 6. The fourth-order valence-corrected chi connectivity index (χ4v) is 6.59. The van der Waals surface area contributed by atoms with Crippen LogP contribution in [0.1, 0.15) is 87.3 Å². The monoisotopic (exact) mass is 588 g/mol. The Labute approximate surface area is 253 Å². The van der Waals surface area contributed by atoms with E-state index in [0.717, 1.165) is 62.9 Å². The van der Waals surface area contributed by atoms with Crippen molar-refractivity contribution in [2.45, 2.75) is 82.9 Å². The molecule has 0 aromatic carbocycles. The van der Waals surface area contributed by atoms with Crippen molar-refractivity contribution in [1.82, 2.24) is 34.2 Å². The van der Waals surface area contributed by atoms with Crippen molar-refractivity contribution in [3.63, 3.8) is 0 Å². The molecule has 43 heavy (non-hydrogen) atoms. The molecule has 11 nitrogen and oxygen atoms in total. The number of piperidine rings is 1. The van der Waals surface area contributed by atoms with Gasteiger partial charge in [0.1, 0.15) is 22.8 Å². The molecule has 3 aliphatic rings. The Hall–Kier alpha value is -3.73. The van der Waals surface area contributed by atoms with E-state index in [1.165, 1.54) is 18.4 Å². The highest BCUT2D eigenvalue weighted by atomic mass is 16.6. The second-order valence-corrected chi connectivity index (χ2v) is 13.5. The summed E-state index contributed by atoms with van der Waals surface area (Å²) in [7, 11) is 3.57. The summed E-state index contributed by atoms with van der Waals surface area (Å²) in [6.45, 7) is 9.23. The van der Waals surface area contributed by atoms with Gasteiger partial charge < -0.3 is 24.4 Å². The van der Waals surface area contributed by atoms with Crippen molar-refractivity contribution < 1.29 is 14.3 Å². The molecule has 3 aromatic heterocycles. The number of carbonyl (C=O) groups is 2. The van der Waals surface area contributed by atoms with Gasteiger partial charge in [0.05, 0.1) is 0 Å². The number of fused-ring (bicyclic) bond motifs is 1. The van der Waals surface area contributed by atoms with Crippen molar-refractivity contribution in [3.8, 4) is 0 Å². The van der Waals surface area contributed by atoms with Gasteiger partial charge in [0.15, 0.2) is 0 Å². The lowest BCUT2D eigenvalue weighted by Crippen LogP contribution is -2.62. The van der Waals surface area contributed by atoms with Gasteiger partial charge in [-0.05, 0) is 83.2 Å². The lowest BCUT2D eigenvalue weighted by molar-refractivity contribution is -0.0196. The summed E-state index contributed by atoms with van der Waals surface area (Å²) in [5.41, 5.74) is 2.24. The highest BCUT2D eigenvalue weighted by molar-refractivity contribution is 5.97. The molecule has 230 valence electrons. The fourth-order valence-electron chi connectivity index (χ4n) is 6.59. The van der Waals surface area contributed by atoms with Crippen LogP contribution in [0.2, 0.25) is 0 Å². The summed E-state index contributed by atoms with van der Waals surface area (Å²) in [6.07, 6.45) is 10.1. The first-order valence-corrected chi connectivity index (χ1v) is 15.6. The molecular weight excluding hydrogens is 544 g/mol. The second kappa shape index (κ2) is 11.7. The Morgan fingerprint density at radius 3 is 2.33 bits per heavy atom. The maximum absolute atomic E-state index is 13.0. The third-order valence-electron chi connectivity index (χ3n) is 8.95. The molecule has 0 radical (unpaired) electrons. The van der Waals surface area contributed by atoms with Crippen LogP contribution >= 0.6 is 0 Å². The zero-order chi connectivity index (χ0) is 30.3. The minimum Gasteiger partial charge on any atom is -0.444 e. The van der Waals surface area contributed by atoms with Crippen LogP contribution in [0.25, 0.3) is 11.0 Å². The minimum atomic E-state index is -0.459. The molecule has 0 unspecified atom stereocenters. The van der Waals surface area contributed by atoms with E-state index in [9.17, 15) is 9.59 Å². The van der Waals surface area contributed by atoms with Gasteiger partial charge in [-0.2, -0.15) is 4.98 Å². The Bertz CT molecular complexity index is 1460. The van der Waals surface area contributed by atoms with Crippen LogP contribution in [-0.2, 0) is 4.74 Å². The zero-order valence-electron chi connectivity index (χ0n) is 26.0. The average Bonchev–Trinajstić information content (AvgIpc) is 3.59. The molecule has 0 bridgehead atoms. The van der Waals surface area contributed by atoms with Crippen LogP contribution in [0, 0.1) is 0 Å². The van der Waals surface area contributed by atoms with Crippen LogP contribution in [0.3, 0.4) is 0 Å². The Balaban J connectivity index is 1.07. The lowest BCUT2D eigenvalue weighted by Gasteiger charge is -2.47. The lowest BCUT2D eigenvalue weighted by atomic mass is 9.89. The molecular formula is C32H44N8O3. The van der Waals surface area contributed by atoms with Crippen molar-refractivity contribution in [3.05, 3.63) is 41.9 Å². The van der Waals surface area contributed by atoms with Crippen molar-refractivity contribution >= 4 is 34.8 Å². The molecule has 1 N–H and O–H groups in total. The number of hydrogen-bond donors (Lipinski definition) is 1. The second-order valence-electron chi connectivity index (χ2n) is 13.5. The summed E-state index contributed by atoms with van der Waals surface area (Å²) >= 11 is 0. The number of nitrogens with one attached hydrogen (secondary N) is 1. The molecule has 11 heteroatoms. The summed E-state index contributed by atoms with van der Waals surface area (Å²) in [6, 6.07) is 6.76. The molecule has 0 atom stereocenters. The van der Waals surface area contributed by atoms with E-state index in [1.54, 1.807) is 30.1 Å². The van der Waals surface area contributed by atoms with Gasteiger partial charge in [-0.25, -0.2) is 14.8 Å². The van der Waals surface area contributed by atoms with Gasteiger partial charge >= 0.3 is 6.09 Å². The van der Waals surface area contributed by atoms with Gasteiger partial charge in [-0.3, -0.25) is 9.69 Å². The van der Waals surface area contributed by atoms with Crippen molar-refractivity contribution in [1.29, 1.82) is 0 Å². The van der Waals surface area contributed by atoms with Crippen molar-refractivity contribution in [2.24, 2.45) is 0 Å². The highest BCUT2D eigenvalue weighted by Gasteiger charge is 2.38. The summed E-state index contributed by atoms with van der Waals surface area (Å²) < 4.78 is 7.62. The van der Waals surface area contributed by atoms with Gasteiger partial charge in [-0.15, -0.1) is 0 Å². The van der Waals surface area contributed by atoms with E-state index in [-0.39, 0.29) is 18.0 Å².